The largest absolute Gasteiger partial charge is 0.481 e. The van der Waals surface area contributed by atoms with E-state index in [9.17, 15) is 9.59 Å². The molecule has 0 aromatic carbocycles. The van der Waals surface area contributed by atoms with Gasteiger partial charge in [-0.3, -0.25) is 9.59 Å². The Kier molecular flexibility index (Phi) is 5.87. The molecule has 0 unspecified atom stereocenters. The summed E-state index contributed by atoms with van der Waals surface area (Å²) in [5.41, 5.74) is 1.72. The Morgan fingerprint density at radius 2 is 2.05 bits per heavy atom. The minimum atomic E-state index is -0.905. The molecule has 1 heterocycles. The normalized spacial score (nSPS) is 10.2. The van der Waals surface area contributed by atoms with Gasteiger partial charge in [-0.05, 0) is 19.9 Å². The molecule has 0 saturated heterocycles. The molecule has 0 aliphatic rings. The minimum Gasteiger partial charge on any atom is -0.481 e. The Balaban J connectivity index is 2.31. The molecule has 104 valence electrons. The molecule has 0 aliphatic carbocycles. The van der Waals surface area contributed by atoms with Gasteiger partial charge in [0.25, 0.3) is 5.91 Å². The van der Waals surface area contributed by atoms with Gasteiger partial charge in [0, 0.05) is 6.54 Å². The molecule has 7 nitrogen and oxygen atoms in total. The maximum atomic E-state index is 11.8. The highest BCUT2D eigenvalue weighted by atomic mass is 16.5. The first-order chi connectivity index (χ1) is 9.00. The van der Waals surface area contributed by atoms with E-state index in [0.29, 0.717) is 23.5 Å². The molecule has 0 aliphatic heterocycles. The van der Waals surface area contributed by atoms with Crippen molar-refractivity contribution in [3.63, 3.8) is 0 Å². The van der Waals surface area contributed by atoms with Crippen molar-refractivity contribution in [3.05, 3.63) is 23.0 Å². The first-order valence-corrected chi connectivity index (χ1v) is 5.89. The summed E-state index contributed by atoms with van der Waals surface area (Å²) >= 11 is 0. The molecule has 0 bridgehead atoms. The van der Waals surface area contributed by atoms with Crippen molar-refractivity contribution in [1.82, 2.24) is 15.5 Å². The van der Waals surface area contributed by atoms with Crippen molar-refractivity contribution in [1.29, 1.82) is 0 Å². The lowest BCUT2D eigenvalue weighted by molar-refractivity contribution is -0.138. The van der Waals surface area contributed by atoms with Crippen molar-refractivity contribution in [2.24, 2.45) is 0 Å². The molecule has 1 aromatic rings. The van der Waals surface area contributed by atoms with Crippen LogP contribution in [0.3, 0.4) is 0 Å². The summed E-state index contributed by atoms with van der Waals surface area (Å²) in [5.74, 6) is -1.14. The van der Waals surface area contributed by atoms with Crippen LogP contribution in [0.5, 0.6) is 0 Å². The Morgan fingerprint density at radius 1 is 1.32 bits per heavy atom. The van der Waals surface area contributed by atoms with E-state index in [1.807, 2.05) is 0 Å². The van der Waals surface area contributed by atoms with Crippen LogP contribution in [-0.2, 0) is 9.53 Å². The zero-order valence-corrected chi connectivity index (χ0v) is 11.0. The van der Waals surface area contributed by atoms with Crippen molar-refractivity contribution >= 4 is 11.9 Å². The van der Waals surface area contributed by atoms with Crippen LogP contribution in [-0.4, -0.2) is 46.9 Å². The lowest BCUT2D eigenvalue weighted by Crippen LogP contribution is -2.28. The molecule has 0 spiro atoms. The zero-order chi connectivity index (χ0) is 14.3. The number of aliphatic carboxylic acids is 1. The highest BCUT2D eigenvalue weighted by Crippen LogP contribution is 2.04. The van der Waals surface area contributed by atoms with Gasteiger partial charge in [-0.25, -0.2) is 0 Å². The maximum Gasteiger partial charge on any atom is 0.305 e. The molecule has 7 heteroatoms. The topological polar surface area (TPSA) is 101 Å². The average molecular weight is 267 g/mol. The average Bonchev–Trinajstić information content (AvgIpc) is 2.36. The van der Waals surface area contributed by atoms with Gasteiger partial charge in [0.2, 0.25) is 0 Å². The van der Waals surface area contributed by atoms with Gasteiger partial charge in [-0.2, -0.15) is 10.2 Å². The molecule has 1 rings (SSSR count). The molecule has 0 atom stereocenters. The number of ether oxygens (including phenoxy) is 1. The van der Waals surface area contributed by atoms with E-state index in [1.165, 1.54) is 0 Å². The van der Waals surface area contributed by atoms with Crippen LogP contribution in [0.2, 0.25) is 0 Å². The Labute approximate surface area is 111 Å². The lowest BCUT2D eigenvalue weighted by atomic mass is 10.2. The summed E-state index contributed by atoms with van der Waals surface area (Å²) in [4.78, 5) is 22.1. The third kappa shape index (κ3) is 5.43. The quantitative estimate of drug-likeness (QED) is 0.690. The van der Waals surface area contributed by atoms with Gasteiger partial charge >= 0.3 is 5.97 Å². The standard InChI is InChI=1S/C12H17N3O4/c1-8-7-10(9(2)15-14-8)12(18)13-4-6-19-5-3-11(16)17/h7H,3-6H2,1-2H3,(H,13,18)(H,16,17). The third-order valence-electron chi connectivity index (χ3n) is 2.34. The first-order valence-electron chi connectivity index (χ1n) is 5.89. The molecule has 2 N–H and O–H groups in total. The van der Waals surface area contributed by atoms with Gasteiger partial charge in [0.1, 0.15) is 0 Å². The molecular weight excluding hydrogens is 250 g/mol. The lowest BCUT2D eigenvalue weighted by Gasteiger charge is -2.07. The number of hydrogen-bond acceptors (Lipinski definition) is 5. The van der Waals surface area contributed by atoms with Gasteiger partial charge in [-0.1, -0.05) is 0 Å². The van der Waals surface area contributed by atoms with Crippen molar-refractivity contribution < 1.29 is 19.4 Å². The fraction of sp³-hybridized carbons (Fsp3) is 0.500. The molecule has 19 heavy (non-hydrogen) atoms. The number of carbonyl (C=O) groups excluding carboxylic acids is 1. The maximum absolute atomic E-state index is 11.8. The number of carboxylic acids is 1. The molecule has 0 saturated carbocycles. The van der Waals surface area contributed by atoms with E-state index < -0.39 is 5.97 Å². The summed E-state index contributed by atoms with van der Waals surface area (Å²) < 4.78 is 5.06. The number of amides is 1. The Hall–Kier alpha value is -2.02. The Morgan fingerprint density at radius 3 is 2.74 bits per heavy atom. The number of carboxylic acid groups (broad SMARTS) is 1. The van der Waals surface area contributed by atoms with Crippen molar-refractivity contribution in [2.75, 3.05) is 19.8 Å². The molecular formula is C12H17N3O4. The van der Waals surface area contributed by atoms with E-state index in [1.54, 1.807) is 19.9 Å². The fourth-order valence-corrected chi connectivity index (χ4v) is 1.37. The van der Waals surface area contributed by atoms with E-state index in [-0.39, 0.29) is 25.5 Å². The van der Waals surface area contributed by atoms with Crippen LogP contribution in [0, 0.1) is 13.8 Å². The van der Waals surface area contributed by atoms with Crippen molar-refractivity contribution in [2.45, 2.75) is 20.3 Å². The van der Waals surface area contributed by atoms with Gasteiger partial charge in [0.05, 0.1) is 36.6 Å². The van der Waals surface area contributed by atoms with Crippen LogP contribution in [0.4, 0.5) is 0 Å². The second-order valence-electron chi connectivity index (χ2n) is 4.00. The second kappa shape index (κ2) is 7.42. The number of nitrogens with zero attached hydrogens (tertiary/aromatic N) is 2. The van der Waals surface area contributed by atoms with Crippen LogP contribution < -0.4 is 5.32 Å². The summed E-state index contributed by atoms with van der Waals surface area (Å²) in [6, 6.07) is 1.67. The highest BCUT2D eigenvalue weighted by molar-refractivity contribution is 5.95. The summed E-state index contributed by atoms with van der Waals surface area (Å²) in [6.07, 6.45) is -0.0411. The molecule has 1 amide bonds. The summed E-state index contributed by atoms with van der Waals surface area (Å²) in [5, 5.41) is 18.8. The van der Waals surface area contributed by atoms with Crippen LogP contribution in [0.1, 0.15) is 28.2 Å². The van der Waals surface area contributed by atoms with E-state index in [0.717, 1.165) is 0 Å². The van der Waals surface area contributed by atoms with Crippen LogP contribution in [0.15, 0.2) is 6.07 Å². The zero-order valence-electron chi connectivity index (χ0n) is 11.0. The van der Waals surface area contributed by atoms with E-state index >= 15 is 0 Å². The van der Waals surface area contributed by atoms with Gasteiger partial charge < -0.3 is 15.2 Å². The molecule has 0 fully saturated rings. The fourth-order valence-electron chi connectivity index (χ4n) is 1.37. The van der Waals surface area contributed by atoms with Crippen LogP contribution >= 0.6 is 0 Å². The van der Waals surface area contributed by atoms with Gasteiger partial charge in [-0.15, -0.1) is 0 Å². The predicted octanol–water partition coefficient (Wildman–Crippen LogP) is 0.315. The number of nitrogens with one attached hydrogen (secondary N) is 1. The highest BCUT2D eigenvalue weighted by Gasteiger charge is 2.10. The summed E-state index contributed by atoms with van der Waals surface area (Å²) in [7, 11) is 0. The number of carbonyl (C=O) groups is 2. The molecule has 0 radical (unpaired) electrons. The number of aromatic nitrogens is 2. The molecule has 1 aromatic heterocycles. The van der Waals surface area contributed by atoms with Crippen molar-refractivity contribution in [3.8, 4) is 0 Å². The van der Waals surface area contributed by atoms with Gasteiger partial charge in [0.15, 0.2) is 0 Å². The number of aryl methyl sites for hydroxylation is 2. The smallest absolute Gasteiger partial charge is 0.305 e. The monoisotopic (exact) mass is 267 g/mol. The predicted molar refractivity (Wildman–Crippen MR) is 66.9 cm³/mol. The SMILES string of the molecule is Cc1cc(C(=O)NCCOCCC(=O)O)c(C)nn1. The Bertz CT molecular complexity index is 462. The van der Waals surface area contributed by atoms with E-state index in [2.05, 4.69) is 15.5 Å². The van der Waals surface area contributed by atoms with Crippen LogP contribution in [0.25, 0.3) is 0 Å². The second-order valence-corrected chi connectivity index (χ2v) is 4.00. The third-order valence-corrected chi connectivity index (χ3v) is 2.34. The number of hydrogen-bond donors (Lipinski definition) is 2. The first kappa shape index (κ1) is 15.0. The minimum absolute atomic E-state index is 0.0411. The number of rotatable bonds is 7. The summed E-state index contributed by atoms with van der Waals surface area (Å²) in [6.45, 7) is 4.21. The van der Waals surface area contributed by atoms with E-state index in [4.69, 9.17) is 9.84 Å².